The number of rotatable bonds is 11. The van der Waals surface area contributed by atoms with E-state index >= 15 is 0 Å². The Morgan fingerprint density at radius 3 is 2.04 bits per heavy atom. The maximum Gasteiger partial charge on any atom is 0.254 e. The van der Waals surface area contributed by atoms with E-state index in [1.54, 1.807) is 26.4 Å². The quantitative estimate of drug-likeness (QED) is 0.330. The number of nitrogens with two attached hydrogens (primary N) is 1. The minimum atomic E-state index is -0.902. The predicted octanol–water partition coefficient (Wildman–Crippen LogP) is 4.49. The van der Waals surface area contributed by atoms with Gasteiger partial charge in [-0.15, -0.1) is 0 Å². The van der Waals surface area contributed by atoms with Crippen LogP contribution in [0.15, 0.2) is 60.7 Å². The van der Waals surface area contributed by atoms with Crippen molar-refractivity contribution in [2.45, 2.75) is 37.1 Å². The number of nitrogens with zero attached hydrogens (tertiary/aromatic N) is 2. The monoisotopic (exact) mass is 631 g/mol. The lowest BCUT2D eigenvalue weighted by Gasteiger charge is -2.49. The Kier molecular flexibility index (Phi) is 9.96. The van der Waals surface area contributed by atoms with Gasteiger partial charge < -0.3 is 34.3 Å². The fraction of sp³-hybridized carbons (Fsp3) is 0.444. The maximum atomic E-state index is 13.7. The average molecular weight is 632 g/mol. The summed E-state index contributed by atoms with van der Waals surface area (Å²) in [5, 5.41) is 0. The van der Waals surface area contributed by atoms with E-state index in [0.717, 1.165) is 17.5 Å². The number of carbonyl (C=O) groups excluding carboxylic acids is 2. The van der Waals surface area contributed by atoms with Crippen molar-refractivity contribution >= 4 is 11.8 Å². The van der Waals surface area contributed by atoms with E-state index in [0.29, 0.717) is 66.9 Å². The molecule has 46 heavy (non-hydrogen) atoms. The van der Waals surface area contributed by atoms with E-state index in [4.69, 9.17) is 29.4 Å². The molecule has 3 aromatic carbocycles. The summed E-state index contributed by atoms with van der Waals surface area (Å²) in [7, 11) is 7.84. The van der Waals surface area contributed by atoms with Gasteiger partial charge in [-0.2, -0.15) is 0 Å². The Morgan fingerprint density at radius 1 is 0.804 bits per heavy atom. The zero-order chi connectivity index (χ0) is 33.0. The second-order valence-electron chi connectivity index (χ2n) is 12.1. The molecule has 3 aromatic rings. The fourth-order valence-electron chi connectivity index (χ4n) is 7.37. The molecule has 4 atom stereocenters. The van der Waals surface area contributed by atoms with Crippen molar-refractivity contribution in [1.29, 1.82) is 0 Å². The van der Waals surface area contributed by atoms with Crippen molar-refractivity contribution < 1.29 is 33.3 Å². The standard InChI is InChI=1S/C36H45N3O7/c1-23(25-14-16-39(21-25)34(40)26-19-31(44-4)33(46-6)32(20-26)45-5)38-17-15-36(35(37)41,27-10-8-7-9-11-27)28(22-38)24-12-13-29(42-2)30(18-24)43-3/h7-13,18-20,23,25,28H,14-17,21-22H2,1-6H3,(H2,37,41). The van der Waals surface area contributed by atoms with Gasteiger partial charge in [-0.3, -0.25) is 14.5 Å². The Labute approximate surface area is 271 Å². The van der Waals surface area contributed by atoms with Gasteiger partial charge in [-0.1, -0.05) is 36.4 Å². The predicted molar refractivity (Wildman–Crippen MR) is 175 cm³/mol. The number of likely N-dealkylation sites (tertiary alicyclic amines) is 2. The van der Waals surface area contributed by atoms with Crippen LogP contribution in [-0.4, -0.2) is 89.4 Å². The molecule has 0 aliphatic carbocycles. The normalized spacial score (nSPS) is 22.2. The minimum Gasteiger partial charge on any atom is -0.493 e. The summed E-state index contributed by atoms with van der Waals surface area (Å²) >= 11 is 0. The van der Waals surface area contributed by atoms with Crippen LogP contribution in [0.5, 0.6) is 28.7 Å². The second kappa shape index (κ2) is 13.9. The van der Waals surface area contributed by atoms with E-state index in [-0.39, 0.29) is 29.7 Å². The molecule has 2 aliphatic heterocycles. The molecule has 4 unspecified atom stereocenters. The minimum absolute atomic E-state index is 0.0763. The van der Waals surface area contributed by atoms with Crippen molar-refractivity contribution in [2.75, 3.05) is 61.7 Å². The number of piperidine rings is 1. The highest BCUT2D eigenvalue weighted by atomic mass is 16.5. The topological polar surface area (TPSA) is 113 Å². The van der Waals surface area contributed by atoms with E-state index < -0.39 is 5.41 Å². The first kappa shape index (κ1) is 32.9. The molecule has 10 heteroatoms. The summed E-state index contributed by atoms with van der Waals surface area (Å²) in [6, 6.07) is 19.3. The number of methoxy groups -OCH3 is 5. The Morgan fingerprint density at radius 2 is 1.46 bits per heavy atom. The molecule has 0 aromatic heterocycles. The lowest BCUT2D eigenvalue weighted by atomic mass is 9.62. The molecule has 246 valence electrons. The molecular weight excluding hydrogens is 586 g/mol. The highest BCUT2D eigenvalue weighted by Gasteiger charge is 2.51. The molecule has 2 fully saturated rings. The van der Waals surface area contributed by atoms with Crippen LogP contribution >= 0.6 is 0 Å². The molecule has 10 nitrogen and oxygen atoms in total. The number of hydrogen-bond acceptors (Lipinski definition) is 8. The summed E-state index contributed by atoms with van der Waals surface area (Å²) in [6.07, 6.45) is 1.44. The molecule has 0 saturated carbocycles. The summed E-state index contributed by atoms with van der Waals surface area (Å²) < 4.78 is 27.6. The summed E-state index contributed by atoms with van der Waals surface area (Å²) in [4.78, 5) is 31.6. The highest BCUT2D eigenvalue weighted by Crippen LogP contribution is 2.48. The number of primary amides is 1. The largest absolute Gasteiger partial charge is 0.493 e. The molecule has 2 N–H and O–H groups in total. The van der Waals surface area contributed by atoms with Crippen LogP contribution in [0.3, 0.4) is 0 Å². The number of hydrogen-bond donors (Lipinski definition) is 1. The molecule has 2 saturated heterocycles. The molecule has 2 amide bonds. The molecule has 2 heterocycles. The Balaban J connectivity index is 1.41. The van der Waals surface area contributed by atoms with Crippen molar-refractivity contribution in [3.05, 3.63) is 77.4 Å². The first-order valence-corrected chi connectivity index (χ1v) is 15.6. The van der Waals surface area contributed by atoms with Crippen LogP contribution < -0.4 is 29.4 Å². The first-order chi connectivity index (χ1) is 22.2. The van der Waals surface area contributed by atoms with Crippen LogP contribution in [-0.2, 0) is 10.2 Å². The van der Waals surface area contributed by atoms with Gasteiger partial charge >= 0.3 is 0 Å². The third-order valence-electron chi connectivity index (χ3n) is 10.0. The zero-order valence-corrected chi connectivity index (χ0v) is 27.6. The molecular formula is C36H45N3O7. The lowest BCUT2D eigenvalue weighted by molar-refractivity contribution is -0.126. The number of carbonyl (C=O) groups is 2. The van der Waals surface area contributed by atoms with Crippen LogP contribution in [0.4, 0.5) is 0 Å². The summed E-state index contributed by atoms with van der Waals surface area (Å²) in [5.74, 6) is 2.16. The van der Waals surface area contributed by atoms with Crippen molar-refractivity contribution in [2.24, 2.45) is 11.7 Å². The maximum absolute atomic E-state index is 13.7. The van der Waals surface area contributed by atoms with E-state index in [9.17, 15) is 9.59 Å². The molecule has 5 rings (SSSR count). The van der Waals surface area contributed by atoms with Gasteiger partial charge in [-0.05, 0) is 67.6 Å². The summed E-state index contributed by atoms with van der Waals surface area (Å²) in [6.45, 7) is 4.80. The van der Waals surface area contributed by atoms with Gasteiger partial charge in [-0.25, -0.2) is 0 Å². The number of amides is 2. The number of ether oxygens (including phenoxy) is 5. The zero-order valence-electron chi connectivity index (χ0n) is 27.6. The van der Waals surface area contributed by atoms with Crippen molar-refractivity contribution in [3.63, 3.8) is 0 Å². The Bertz CT molecular complexity index is 1520. The highest BCUT2D eigenvalue weighted by molar-refractivity contribution is 5.96. The van der Waals surface area contributed by atoms with Crippen molar-refractivity contribution in [3.8, 4) is 28.7 Å². The van der Waals surface area contributed by atoms with Crippen LogP contribution in [0.1, 0.15) is 47.2 Å². The SMILES string of the molecule is COc1ccc(C2CN(C(C)C3CCN(C(=O)c4cc(OC)c(OC)c(OC)c4)C3)CCC2(C(N)=O)c2ccccc2)cc1OC. The number of benzene rings is 3. The van der Waals surface area contributed by atoms with Gasteiger partial charge in [0.05, 0.1) is 41.0 Å². The van der Waals surface area contributed by atoms with E-state index in [1.165, 1.54) is 21.3 Å². The second-order valence-corrected chi connectivity index (χ2v) is 12.1. The third-order valence-corrected chi connectivity index (χ3v) is 10.0. The van der Waals surface area contributed by atoms with Crippen LogP contribution in [0, 0.1) is 5.92 Å². The fourth-order valence-corrected chi connectivity index (χ4v) is 7.37. The van der Waals surface area contributed by atoms with Gasteiger partial charge in [0, 0.05) is 37.2 Å². The van der Waals surface area contributed by atoms with E-state index in [1.807, 2.05) is 53.4 Å². The summed E-state index contributed by atoms with van der Waals surface area (Å²) in [5.41, 5.74) is 7.78. The van der Waals surface area contributed by atoms with Crippen LogP contribution in [0.25, 0.3) is 0 Å². The molecule has 0 radical (unpaired) electrons. The molecule has 0 bridgehead atoms. The van der Waals surface area contributed by atoms with Gasteiger partial charge in [0.2, 0.25) is 11.7 Å². The average Bonchev–Trinajstić information content (AvgIpc) is 3.60. The third kappa shape index (κ3) is 5.93. The first-order valence-electron chi connectivity index (χ1n) is 15.6. The smallest absolute Gasteiger partial charge is 0.254 e. The molecule has 0 spiro atoms. The Hall–Kier alpha value is -4.44. The van der Waals surface area contributed by atoms with Crippen molar-refractivity contribution in [1.82, 2.24) is 9.80 Å². The van der Waals surface area contributed by atoms with Gasteiger partial charge in [0.1, 0.15) is 0 Å². The van der Waals surface area contributed by atoms with E-state index in [2.05, 4.69) is 11.8 Å². The lowest BCUT2D eigenvalue weighted by Crippen LogP contribution is -2.57. The van der Waals surface area contributed by atoms with Gasteiger partial charge in [0.25, 0.3) is 5.91 Å². The van der Waals surface area contributed by atoms with Crippen LogP contribution in [0.2, 0.25) is 0 Å². The van der Waals surface area contributed by atoms with Gasteiger partial charge in [0.15, 0.2) is 23.0 Å². The molecule has 2 aliphatic rings.